The van der Waals surface area contributed by atoms with Gasteiger partial charge in [-0.15, -0.1) is 0 Å². The lowest BCUT2D eigenvalue weighted by molar-refractivity contribution is -0.139. The number of nitrogens with one attached hydrogen (secondary N) is 1. The fraction of sp³-hybridized carbons (Fsp3) is 0.333. The fourth-order valence-electron chi connectivity index (χ4n) is 1.36. The predicted octanol–water partition coefficient (Wildman–Crippen LogP) is -0.403. The summed E-state index contributed by atoms with van der Waals surface area (Å²) in [7, 11) is 0. The molecule has 1 aromatic rings. The van der Waals surface area contributed by atoms with Gasteiger partial charge in [0, 0.05) is 6.54 Å². The van der Waals surface area contributed by atoms with Gasteiger partial charge in [0.15, 0.2) is 0 Å². The van der Waals surface area contributed by atoms with Crippen LogP contribution in [0.4, 0.5) is 0 Å². The van der Waals surface area contributed by atoms with Crippen molar-refractivity contribution in [3.05, 3.63) is 35.4 Å². The van der Waals surface area contributed by atoms with E-state index >= 15 is 0 Å². The Morgan fingerprint density at radius 3 is 2.28 bits per heavy atom. The van der Waals surface area contributed by atoms with Gasteiger partial charge in [0.25, 0.3) is 0 Å². The predicted molar refractivity (Wildman–Crippen MR) is 64.4 cm³/mol. The number of nitrogens with two attached hydrogens (primary N) is 1. The number of carboxylic acids is 1. The summed E-state index contributed by atoms with van der Waals surface area (Å²) in [5.41, 5.74) is 7.04. The third-order valence-electron chi connectivity index (χ3n) is 2.40. The Hall–Kier alpha value is -1.92. The van der Waals surface area contributed by atoms with Crippen LogP contribution in [0.25, 0.3) is 0 Å². The number of carboxylic acid groups (broad SMARTS) is 1. The molecule has 0 fully saturated rings. The molecule has 98 valence electrons. The van der Waals surface area contributed by atoms with E-state index in [1.54, 1.807) is 24.3 Å². The molecule has 1 atom stereocenters. The Kier molecular flexibility index (Phi) is 5.29. The number of benzene rings is 1. The van der Waals surface area contributed by atoms with Crippen LogP contribution in [0, 0.1) is 0 Å². The van der Waals surface area contributed by atoms with Gasteiger partial charge in [-0.1, -0.05) is 24.3 Å². The highest BCUT2D eigenvalue weighted by atomic mass is 16.4. The molecule has 0 bridgehead atoms. The molecule has 1 unspecified atom stereocenters. The Morgan fingerprint density at radius 2 is 1.78 bits per heavy atom. The summed E-state index contributed by atoms with van der Waals surface area (Å²) in [5.74, 6) is -1.60. The fourth-order valence-corrected chi connectivity index (χ4v) is 1.36. The van der Waals surface area contributed by atoms with E-state index in [4.69, 9.17) is 15.9 Å². The van der Waals surface area contributed by atoms with Crippen LogP contribution in [0.1, 0.15) is 17.5 Å². The average molecular weight is 252 g/mol. The van der Waals surface area contributed by atoms with Gasteiger partial charge in [0.05, 0.1) is 19.1 Å². The molecule has 0 aliphatic carbocycles. The molecule has 6 heteroatoms. The normalized spacial score (nSPS) is 11.9. The summed E-state index contributed by atoms with van der Waals surface area (Å²) >= 11 is 0. The van der Waals surface area contributed by atoms with Gasteiger partial charge in [-0.05, 0) is 11.1 Å². The third-order valence-corrected chi connectivity index (χ3v) is 2.40. The minimum Gasteiger partial charge on any atom is -0.481 e. The molecule has 0 saturated heterocycles. The lowest BCUT2D eigenvalue weighted by Crippen LogP contribution is -2.41. The number of carbonyl (C=O) groups excluding carboxylic acids is 1. The number of aliphatic hydroxyl groups is 1. The van der Waals surface area contributed by atoms with Crippen LogP contribution in [0.15, 0.2) is 24.3 Å². The second kappa shape index (κ2) is 6.73. The first kappa shape index (κ1) is 14.1. The number of hydrogen-bond acceptors (Lipinski definition) is 4. The molecule has 1 rings (SSSR count). The molecule has 0 aliphatic heterocycles. The van der Waals surface area contributed by atoms with Crippen molar-refractivity contribution in [1.82, 2.24) is 5.32 Å². The number of aliphatic carboxylic acids is 1. The molecule has 6 nitrogen and oxygen atoms in total. The standard InChI is InChI=1S/C12H16N2O4/c13-10(5-11(16)17)12(18)14-6-8-1-3-9(7-15)4-2-8/h1-4,10,15H,5-7,13H2,(H,14,18)(H,16,17). The zero-order chi connectivity index (χ0) is 13.5. The van der Waals surface area contributed by atoms with E-state index in [0.717, 1.165) is 11.1 Å². The van der Waals surface area contributed by atoms with Crippen LogP contribution in [-0.4, -0.2) is 28.1 Å². The molecule has 0 spiro atoms. The summed E-state index contributed by atoms with van der Waals surface area (Å²) in [4.78, 5) is 21.8. The largest absolute Gasteiger partial charge is 0.481 e. The van der Waals surface area contributed by atoms with Gasteiger partial charge in [-0.2, -0.15) is 0 Å². The zero-order valence-corrected chi connectivity index (χ0v) is 9.80. The van der Waals surface area contributed by atoms with Gasteiger partial charge < -0.3 is 21.3 Å². The molecular weight excluding hydrogens is 236 g/mol. The summed E-state index contributed by atoms with van der Waals surface area (Å²) in [6.45, 7) is 0.244. The summed E-state index contributed by atoms with van der Waals surface area (Å²) < 4.78 is 0. The molecule has 0 aliphatic rings. The van der Waals surface area contributed by atoms with Crippen LogP contribution in [-0.2, 0) is 22.7 Å². The SMILES string of the molecule is NC(CC(=O)O)C(=O)NCc1ccc(CO)cc1. The molecule has 0 heterocycles. The molecule has 5 N–H and O–H groups in total. The Balaban J connectivity index is 2.44. The van der Waals surface area contributed by atoms with Gasteiger partial charge in [-0.3, -0.25) is 9.59 Å². The molecule has 0 radical (unpaired) electrons. The first-order valence-electron chi connectivity index (χ1n) is 5.46. The highest BCUT2D eigenvalue weighted by Gasteiger charge is 2.16. The molecule has 1 aromatic carbocycles. The summed E-state index contributed by atoms with van der Waals surface area (Å²) in [6.07, 6.45) is -0.394. The maximum Gasteiger partial charge on any atom is 0.305 e. The maximum atomic E-state index is 11.4. The lowest BCUT2D eigenvalue weighted by Gasteiger charge is -2.10. The quantitative estimate of drug-likeness (QED) is 0.550. The van der Waals surface area contributed by atoms with Gasteiger partial charge in [0.1, 0.15) is 0 Å². The van der Waals surface area contributed by atoms with Gasteiger partial charge >= 0.3 is 5.97 Å². The monoisotopic (exact) mass is 252 g/mol. The maximum absolute atomic E-state index is 11.4. The van der Waals surface area contributed by atoms with Crippen molar-refractivity contribution >= 4 is 11.9 Å². The van der Waals surface area contributed by atoms with Crippen molar-refractivity contribution in [3.63, 3.8) is 0 Å². The van der Waals surface area contributed by atoms with E-state index < -0.39 is 24.3 Å². The first-order chi connectivity index (χ1) is 8.52. The lowest BCUT2D eigenvalue weighted by atomic mass is 10.1. The van der Waals surface area contributed by atoms with Crippen LogP contribution in [0.5, 0.6) is 0 Å². The smallest absolute Gasteiger partial charge is 0.305 e. The minimum absolute atomic E-state index is 0.0316. The van der Waals surface area contributed by atoms with Crippen molar-refractivity contribution in [3.8, 4) is 0 Å². The zero-order valence-electron chi connectivity index (χ0n) is 9.80. The van der Waals surface area contributed by atoms with Crippen molar-refractivity contribution in [2.24, 2.45) is 5.73 Å². The molecular formula is C12H16N2O4. The Labute approximate surface area is 104 Å². The van der Waals surface area contributed by atoms with E-state index in [9.17, 15) is 9.59 Å². The molecule has 18 heavy (non-hydrogen) atoms. The van der Waals surface area contributed by atoms with Crippen molar-refractivity contribution in [1.29, 1.82) is 0 Å². The molecule has 1 amide bonds. The van der Waals surface area contributed by atoms with E-state index in [2.05, 4.69) is 5.32 Å². The topological polar surface area (TPSA) is 113 Å². The second-order valence-corrected chi connectivity index (χ2v) is 3.90. The summed E-state index contributed by atoms with van der Waals surface area (Å²) in [6, 6.07) is 6.00. The van der Waals surface area contributed by atoms with Crippen LogP contribution < -0.4 is 11.1 Å². The van der Waals surface area contributed by atoms with Crippen LogP contribution in [0.2, 0.25) is 0 Å². The number of amides is 1. The average Bonchev–Trinajstić information content (AvgIpc) is 2.35. The minimum atomic E-state index is -1.11. The second-order valence-electron chi connectivity index (χ2n) is 3.90. The Bertz CT molecular complexity index is 417. The van der Waals surface area contributed by atoms with Crippen molar-refractivity contribution < 1.29 is 19.8 Å². The highest BCUT2D eigenvalue weighted by Crippen LogP contribution is 2.04. The Morgan fingerprint density at radius 1 is 1.22 bits per heavy atom. The number of aliphatic hydroxyl groups excluding tert-OH is 1. The first-order valence-corrected chi connectivity index (χ1v) is 5.46. The van der Waals surface area contributed by atoms with E-state index in [1.165, 1.54) is 0 Å². The number of carbonyl (C=O) groups is 2. The van der Waals surface area contributed by atoms with Crippen molar-refractivity contribution in [2.45, 2.75) is 25.6 Å². The van der Waals surface area contributed by atoms with E-state index in [-0.39, 0.29) is 13.2 Å². The van der Waals surface area contributed by atoms with Gasteiger partial charge in [0.2, 0.25) is 5.91 Å². The number of hydrogen-bond donors (Lipinski definition) is 4. The van der Waals surface area contributed by atoms with Gasteiger partial charge in [-0.25, -0.2) is 0 Å². The number of rotatable bonds is 6. The van der Waals surface area contributed by atoms with Crippen molar-refractivity contribution in [2.75, 3.05) is 0 Å². The van der Waals surface area contributed by atoms with E-state index in [1.807, 2.05) is 0 Å². The summed E-state index contributed by atoms with van der Waals surface area (Å²) in [5, 5.41) is 19.9. The molecule has 0 aromatic heterocycles. The highest BCUT2D eigenvalue weighted by molar-refractivity contribution is 5.85. The molecule has 0 saturated carbocycles. The van der Waals surface area contributed by atoms with E-state index in [0.29, 0.717) is 0 Å². The third kappa shape index (κ3) is 4.52. The van der Waals surface area contributed by atoms with Crippen LogP contribution in [0.3, 0.4) is 0 Å². The van der Waals surface area contributed by atoms with Crippen LogP contribution >= 0.6 is 0 Å².